The minimum atomic E-state index is -1.23. The van der Waals surface area contributed by atoms with E-state index in [9.17, 15) is 9.90 Å². The monoisotopic (exact) mass is 680 g/mol. The Balaban J connectivity index is 1.37. The van der Waals surface area contributed by atoms with Crippen molar-refractivity contribution in [3.63, 3.8) is 0 Å². The van der Waals surface area contributed by atoms with Crippen molar-refractivity contribution < 1.29 is 28.8 Å². The Morgan fingerprint density at radius 1 is 0.688 bits per heavy atom. The third-order valence-corrected chi connectivity index (χ3v) is 9.68. The molecule has 0 saturated carbocycles. The molecule has 5 rings (SSSR count). The van der Waals surface area contributed by atoms with E-state index in [-0.39, 0.29) is 5.57 Å². The molecule has 1 N–H and O–H groups in total. The molecule has 48 heavy (non-hydrogen) atoms. The molecular formula is C38H36N2O6S2. The van der Waals surface area contributed by atoms with Gasteiger partial charge in [0.05, 0.1) is 39.6 Å². The minimum absolute atomic E-state index is 0.282. The molecule has 8 nitrogen and oxygen atoms in total. The molecule has 0 fully saturated rings. The van der Waals surface area contributed by atoms with E-state index in [0.717, 1.165) is 53.3 Å². The Hall–Kier alpha value is -4.60. The number of carbonyl (C=O) groups is 1. The van der Waals surface area contributed by atoms with Gasteiger partial charge in [0, 0.05) is 50.8 Å². The van der Waals surface area contributed by atoms with Crippen molar-refractivity contribution in [3.05, 3.63) is 119 Å². The predicted octanol–water partition coefficient (Wildman–Crippen LogP) is 8.93. The first kappa shape index (κ1) is 34.7. The van der Waals surface area contributed by atoms with Gasteiger partial charge in [0.15, 0.2) is 0 Å². The molecule has 0 atom stereocenters. The number of aliphatic carboxylic acids is 1. The topological polar surface area (TPSA) is 101 Å². The van der Waals surface area contributed by atoms with Gasteiger partial charge in [-0.2, -0.15) is 5.26 Å². The molecule has 0 radical (unpaired) electrons. The van der Waals surface area contributed by atoms with Crippen LogP contribution in [0.5, 0.6) is 0 Å². The Morgan fingerprint density at radius 2 is 1.17 bits per heavy atom. The van der Waals surface area contributed by atoms with Crippen LogP contribution in [0.2, 0.25) is 0 Å². The number of methoxy groups -OCH3 is 2. The minimum Gasteiger partial charge on any atom is -0.477 e. The largest absolute Gasteiger partial charge is 0.477 e. The van der Waals surface area contributed by atoms with E-state index in [1.807, 2.05) is 12.1 Å². The number of carboxylic acids is 1. The maximum absolute atomic E-state index is 11.2. The first-order valence-electron chi connectivity index (χ1n) is 15.3. The van der Waals surface area contributed by atoms with Gasteiger partial charge < -0.3 is 29.0 Å². The molecule has 0 bridgehead atoms. The highest BCUT2D eigenvalue weighted by Crippen LogP contribution is 2.40. The van der Waals surface area contributed by atoms with Crippen LogP contribution in [0, 0.1) is 11.3 Å². The number of carboxylic acid groups (broad SMARTS) is 1. The fourth-order valence-corrected chi connectivity index (χ4v) is 6.89. The molecule has 0 unspecified atom stereocenters. The maximum Gasteiger partial charge on any atom is 0.346 e. The van der Waals surface area contributed by atoms with Crippen molar-refractivity contribution in [3.8, 4) is 26.3 Å². The second-order valence-electron chi connectivity index (χ2n) is 10.6. The number of rotatable bonds is 17. The highest BCUT2D eigenvalue weighted by molar-refractivity contribution is 7.24. The zero-order chi connectivity index (χ0) is 33.7. The average molecular weight is 681 g/mol. The van der Waals surface area contributed by atoms with Gasteiger partial charge in [-0.15, -0.1) is 22.7 Å². The first-order valence-corrected chi connectivity index (χ1v) is 16.9. The maximum atomic E-state index is 11.2. The lowest BCUT2D eigenvalue weighted by molar-refractivity contribution is -0.132. The van der Waals surface area contributed by atoms with E-state index in [1.165, 1.54) is 17.4 Å². The lowest BCUT2D eigenvalue weighted by Crippen LogP contribution is -2.10. The highest BCUT2D eigenvalue weighted by Gasteiger charge is 2.15. The second-order valence-corrected chi connectivity index (χ2v) is 12.8. The summed E-state index contributed by atoms with van der Waals surface area (Å²) < 4.78 is 21.6. The number of benzene rings is 3. The molecule has 0 saturated heterocycles. The number of nitriles is 1. The molecule has 10 heteroatoms. The summed E-state index contributed by atoms with van der Waals surface area (Å²) in [7, 11) is 3.33. The summed E-state index contributed by atoms with van der Waals surface area (Å²) in [6, 6.07) is 35.0. The zero-order valence-electron chi connectivity index (χ0n) is 26.8. The van der Waals surface area contributed by atoms with Gasteiger partial charge in [-0.25, -0.2) is 4.79 Å². The molecule has 246 valence electrons. The van der Waals surface area contributed by atoms with Crippen LogP contribution >= 0.6 is 22.7 Å². The van der Waals surface area contributed by atoms with Crippen LogP contribution in [-0.2, 0) is 37.0 Å². The van der Waals surface area contributed by atoms with Crippen molar-refractivity contribution in [2.24, 2.45) is 0 Å². The van der Waals surface area contributed by atoms with Crippen molar-refractivity contribution in [1.82, 2.24) is 0 Å². The van der Waals surface area contributed by atoms with E-state index < -0.39 is 5.97 Å². The predicted molar refractivity (Wildman–Crippen MR) is 192 cm³/mol. The molecule has 0 aliphatic carbocycles. The average Bonchev–Trinajstić information content (AvgIpc) is 3.80. The second kappa shape index (κ2) is 17.5. The third kappa shape index (κ3) is 9.27. The van der Waals surface area contributed by atoms with E-state index in [0.29, 0.717) is 39.6 Å². The Labute approximate surface area is 288 Å². The van der Waals surface area contributed by atoms with Crippen LogP contribution in [0.4, 0.5) is 17.1 Å². The summed E-state index contributed by atoms with van der Waals surface area (Å²) in [5, 5.41) is 18.3. The van der Waals surface area contributed by atoms with Crippen molar-refractivity contribution >= 4 is 51.8 Å². The normalized spacial score (nSPS) is 11.4. The van der Waals surface area contributed by atoms with Crippen LogP contribution in [0.1, 0.15) is 16.0 Å². The number of nitrogens with zero attached hydrogens (tertiary/aromatic N) is 2. The smallest absolute Gasteiger partial charge is 0.346 e. The van der Waals surface area contributed by atoms with Crippen molar-refractivity contribution in [2.75, 3.05) is 45.5 Å². The Kier molecular flexibility index (Phi) is 12.7. The molecular weight excluding hydrogens is 645 g/mol. The number of hydrogen-bond donors (Lipinski definition) is 1. The Bertz CT molecular complexity index is 1780. The molecule has 2 heterocycles. The van der Waals surface area contributed by atoms with Crippen molar-refractivity contribution in [1.29, 1.82) is 5.26 Å². The highest BCUT2D eigenvalue weighted by atomic mass is 32.1. The molecule has 0 spiro atoms. The molecule has 0 amide bonds. The lowest BCUT2D eigenvalue weighted by atomic mass is 10.1. The van der Waals surface area contributed by atoms with Crippen molar-refractivity contribution in [2.45, 2.75) is 13.2 Å². The number of thiophene rings is 2. The van der Waals surface area contributed by atoms with Gasteiger partial charge in [-0.3, -0.25) is 0 Å². The van der Waals surface area contributed by atoms with Gasteiger partial charge in [-0.1, -0.05) is 36.4 Å². The van der Waals surface area contributed by atoms with Gasteiger partial charge in [-0.05, 0) is 83.4 Å². The Morgan fingerprint density at radius 3 is 1.67 bits per heavy atom. The van der Waals surface area contributed by atoms with Gasteiger partial charge in [0.2, 0.25) is 0 Å². The fraction of sp³-hybridized carbons (Fsp3) is 0.211. The van der Waals surface area contributed by atoms with Gasteiger partial charge >= 0.3 is 5.97 Å². The summed E-state index contributed by atoms with van der Waals surface area (Å²) >= 11 is 3.13. The van der Waals surface area contributed by atoms with Crippen LogP contribution < -0.4 is 4.90 Å². The standard InChI is InChI=1S/C38H36N2O6S2/c1-43-19-21-45-25-27-3-9-31(10-4-27)40(32-11-5-28(6-12-32)26-46-22-20-44-2)33-13-7-29(8-14-33)35-17-18-37(48-35)36-16-15-34(47-36)23-30(24-39)38(41)42/h3-18,23H,19-22,25-26H2,1-2H3,(H,41,42)/b30-23+. The fourth-order valence-electron chi connectivity index (χ4n) is 4.84. The third-order valence-electron chi connectivity index (χ3n) is 7.31. The van der Waals surface area contributed by atoms with Gasteiger partial charge in [0.25, 0.3) is 0 Å². The van der Waals surface area contributed by atoms with E-state index in [1.54, 1.807) is 31.6 Å². The molecule has 3 aromatic carbocycles. The molecule has 2 aromatic heterocycles. The van der Waals surface area contributed by atoms with Gasteiger partial charge in [0.1, 0.15) is 11.6 Å². The van der Waals surface area contributed by atoms with E-state index >= 15 is 0 Å². The molecule has 5 aromatic rings. The summed E-state index contributed by atoms with van der Waals surface area (Å²) in [4.78, 5) is 17.4. The zero-order valence-corrected chi connectivity index (χ0v) is 28.4. The number of hydrogen-bond acceptors (Lipinski definition) is 9. The number of ether oxygens (including phenoxy) is 4. The van der Waals surface area contributed by atoms with E-state index in [2.05, 4.69) is 89.8 Å². The summed E-state index contributed by atoms with van der Waals surface area (Å²) in [5.41, 5.74) is 6.05. The quantitative estimate of drug-likeness (QED) is 0.0590. The molecule has 0 aliphatic heterocycles. The molecule has 0 aliphatic rings. The first-order chi connectivity index (χ1) is 23.5. The lowest BCUT2D eigenvalue weighted by Gasteiger charge is -2.26. The van der Waals surface area contributed by atoms with Crippen LogP contribution in [-0.4, -0.2) is 51.7 Å². The van der Waals surface area contributed by atoms with E-state index in [4.69, 9.17) is 24.2 Å². The van der Waals surface area contributed by atoms with Crippen LogP contribution in [0.3, 0.4) is 0 Å². The van der Waals surface area contributed by atoms with Crippen LogP contribution in [0.25, 0.3) is 26.3 Å². The summed E-state index contributed by atoms with van der Waals surface area (Å²) in [6.07, 6.45) is 1.41. The number of anilines is 3. The summed E-state index contributed by atoms with van der Waals surface area (Å²) in [6.45, 7) is 3.26. The summed E-state index contributed by atoms with van der Waals surface area (Å²) in [5.74, 6) is -1.23. The van der Waals surface area contributed by atoms with Crippen LogP contribution in [0.15, 0.2) is 103 Å². The SMILES string of the molecule is COCCOCc1ccc(N(c2ccc(COCCOC)cc2)c2ccc(-c3ccc(-c4ccc(/C=C(\C#N)C(=O)O)s4)s3)cc2)cc1.